The van der Waals surface area contributed by atoms with Crippen LogP contribution in [0.25, 0.3) is 0 Å². The van der Waals surface area contributed by atoms with Gasteiger partial charge in [-0.1, -0.05) is 0 Å². The highest BCUT2D eigenvalue weighted by molar-refractivity contribution is 5.91. The van der Waals surface area contributed by atoms with Crippen molar-refractivity contribution in [1.82, 2.24) is 10.6 Å². The number of aliphatic carboxylic acids is 2. The van der Waals surface area contributed by atoms with Crippen LogP contribution >= 0.6 is 0 Å². The monoisotopic (exact) mass is 372 g/mol. The van der Waals surface area contributed by atoms with Crippen LogP contribution in [-0.4, -0.2) is 66.4 Å². The Morgan fingerprint density at radius 1 is 0.692 bits per heavy atom. The number of rotatable bonds is 12. The Labute approximate surface area is 148 Å². The first-order chi connectivity index (χ1) is 12.3. The highest BCUT2D eigenvalue weighted by atomic mass is 16.5. The number of amides is 2. The van der Waals surface area contributed by atoms with E-state index in [1.54, 1.807) is 0 Å². The van der Waals surface area contributed by atoms with Crippen LogP contribution in [0.3, 0.4) is 0 Å². The van der Waals surface area contributed by atoms with E-state index >= 15 is 0 Å². The molecule has 0 saturated heterocycles. The van der Waals surface area contributed by atoms with Crippen LogP contribution in [0.15, 0.2) is 24.3 Å². The van der Waals surface area contributed by atoms with Crippen molar-refractivity contribution in [1.29, 1.82) is 0 Å². The quantitative estimate of drug-likeness (QED) is 0.199. The fraction of sp³-hybridized carbons (Fsp3) is 0.400. The second kappa shape index (κ2) is 14.0. The number of hydrogen-bond donors (Lipinski definition) is 4. The fourth-order valence-electron chi connectivity index (χ4n) is 1.33. The summed E-state index contributed by atoms with van der Waals surface area (Å²) in [6.45, 7) is 0.499. The highest BCUT2D eigenvalue weighted by Gasteiger charge is 2.02. The van der Waals surface area contributed by atoms with E-state index in [0.29, 0.717) is 25.0 Å². The first-order valence-corrected chi connectivity index (χ1v) is 7.48. The first-order valence-electron chi connectivity index (χ1n) is 7.48. The minimum atomic E-state index is -1.26. The lowest BCUT2D eigenvalue weighted by atomic mass is 10.4. The second-order valence-electron chi connectivity index (χ2n) is 4.57. The summed E-state index contributed by atoms with van der Waals surface area (Å²) in [7, 11) is 0. The van der Waals surface area contributed by atoms with Gasteiger partial charge >= 0.3 is 29.9 Å². The van der Waals surface area contributed by atoms with E-state index in [1.807, 2.05) is 0 Å². The van der Waals surface area contributed by atoms with Crippen molar-refractivity contribution in [3.63, 3.8) is 0 Å². The van der Waals surface area contributed by atoms with E-state index < -0.39 is 29.9 Å². The molecule has 0 saturated carbocycles. The summed E-state index contributed by atoms with van der Waals surface area (Å²) in [5.74, 6) is -4.09. The van der Waals surface area contributed by atoms with Crippen molar-refractivity contribution in [2.45, 2.75) is 12.8 Å². The van der Waals surface area contributed by atoms with Crippen molar-refractivity contribution in [3.8, 4) is 0 Å². The van der Waals surface area contributed by atoms with Crippen molar-refractivity contribution < 1.29 is 43.7 Å². The fourth-order valence-corrected chi connectivity index (χ4v) is 1.33. The van der Waals surface area contributed by atoms with Crippen molar-refractivity contribution in [2.75, 3.05) is 26.3 Å². The third-order valence-corrected chi connectivity index (χ3v) is 2.43. The van der Waals surface area contributed by atoms with Crippen LogP contribution < -0.4 is 10.6 Å². The first kappa shape index (κ1) is 22.6. The van der Waals surface area contributed by atoms with Gasteiger partial charge in [0.1, 0.15) is 0 Å². The van der Waals surface area contributed by atoms with E-state index in [9.17, 15) is 24.0 Å². The molecule has 2 amide bonds. The maximum atomic E-state index is 11.4. The molecule has 144 valence electrons. The Hall–Kier alpha value is -3.37. The van der Waals surface area contributed by atoms with E-state index in [0.717, 1.165) is 12.2 Å². The third kappa shape index (κ3) is 15.5. The lowest BCUT2D eigenvalue weighted by molar-refractivity contribution is -0.139. The van der Waals surface area contributed by atoms with Gasteiger partial charge in [-0.15, -0.1) is 0 Å². The molecule has 0 aliphatic heterocycles. The van der Waals surface area contributed by atoms with Crippen molar-refractivity contribution >= 4 is 29.9 Å². The SMILES string of the molecule is O=C(O)/C=C\C(=O)OCCCNC(=O)NCCCOC(=O)/C=C\C(=O)O. The normalized spacial score (nSPS) is 10.5. The summed E-state index contributed by atoms with van der Waals surface area (Å²) in [4.78, 5) is 53.8. The molecule has 0 aromatic heterocycles. The molecule has 0 aliphatic carbocycles. The number of nitrogens with one attached hydrogen (secondary N) is 2. The number of hydrogen-bond acceptors (Lipinski definition) is 7. The molecule has 26 heavy (non-hydrogen) atoms. The van der Waals surface area contributed by atoms with Gasteiger partial charge in [0.05, 0.1) is 13.2 Å². The average Bonchev–Trinajstić information content (AvgIpc) is 2.57. The van der Waals surface area contributed by atoms with Crippen LogP contribution in [-0.2, 0) is 28.7 Å². The zero-order valence-corrected chi connectivity index (χ0v) is 13.8. The molecule has 0 unspecified atom stereocenters. The number of carbonyl (C=O) groups is 5. The molecule has 0 fully saturated rings. The van der Waals surface area contributed by atoms with Crippen molar-refractivity contribution in [2.24, 2.45) is 0 Å². The number of carboxylic acid groups (broad SMARTS) is 2. The van der Waals surface area contributed by atoms with E-state index in [1.165, 1.54) is 0 Å². The number of urea groups is 1. The number of ether oxygens (including phenoxy) is 2. The molecule has 11 heteroatoms. The summed E-state index contributed by atoms with van der Waals surface area (Å²) in [5, 5.41) is 21.6. The average molecular weight is 372 g/mol. The van der Waals surface area contributed by atoms with Crippen LogP contribution in [0.4, 0.5) is 4.79 Å². The Bertz CT molecular complexity index is 521. The Balaban J connectivity index is 3.58. The predicted molar refractivity (Wildman–Crippen MR) is 86.1 cm³/mol. The van der Waals surface area contributed by atoms with E-state index in [2.05, 4.69) is 10.6 Å². The predicted octanol–water partition coefficient (Wildman–Crippen LogP) is -0.566. The number of carbonyl (C=O) groups excluding carboxylic acids is 3. The third-order valence-electron chi connectivity index (χ3n) is 2.43. The van der Waals surface area contributed by atoms with E-state index in [-0.39, 0.29) is 26.3 Å². The van der Waals surface area contributed by atoms with Gasteiger partial charge in [0.2, 0.25) is 0 Å². The molecule has 4 N–H and O–H groups in total. The van der Waals surface area contributed by atoms with Gasteiger partial charge in [0.15, 0.2) is 0 Å². The van der Waals surface area contributed by atoms with Gasteiger partial charge in [-0.05, 0) is 12.8 Å². The minimum Gasteiger partial charge on any atom is -0.478 e. The Kier molecular flexibility index (Phi) is 12.2. The van der Waals surface area contributed by atoms with Gasteiger partial charge in [-0.3, -0.25) is 0 Å². The lowest BCUT2D eigenvalue weighted by Gasteiger charge is -2.07. The topological polar surface area (TPSA) is 168 Å². The van der Waals surface area contributed by atoms with Gasteiger partial charge < -0.3 is 30.3 Å². The maximum absolute atomic E-state index is 11.4. The molecular weight excluding hydrogens is 352 g/mol. The van der Waals surface area contributed by atoms with Gasteiger partial charge in [-0.25, -0.2) is 24.0 Å². The van der Waals surface area contributed by atoms with Gasteiger partial charge in [-0.2, -0.15) is 0 Å². The molecule has 0 rings (SSSR count). The minimum absolute atomic E-state index is 0.0168. The molecule has 0 bridgehead atoms. The summed E-state index contributed by atoms with van der Waals surface area (Å²) < 4.78 is 9.39. The Morgan fingerprint density at radius 2 is 1.08 bits per heavy atom. The zero-order chi connectivity index (χ0) is 19.8. The second-order valence-corrected chi connectivity index (χ2v) is 4.57. The zero-order valence-electron chi connectivity index (χ0n) is 13.8. The smallest absolute Gasteiger partial charge is 0.331 e. The lowest BCUT2D eigenvalue weighted by Crippen LogP contribution is -2.37. The number of carboxylic acids is 2. The molecule has 0 aromatic carbocycles. The molecule has 0 atom stereocenters. The number of esters is 2. The van der Waals surface area contributed by atoms with Crippen LogP contribution in [0.1, 0.15) is 12.8 Å². The molecule has 0 spiro atoms. The van der Waals surface area contributed by atoms with Gasteiger partial charge in [0, 0.05) is 37.4 Å². The molecular formula is C15H20N2O9. The molecule has 0 aliphatic rings. The molecule has 11 nitrogen and oxygen atoms in total. The van der Waals surface area contributed by atoms with Crippen molar-refractivity contribution in [3.05, 3.63) is 24.3 Å². The summed E-state index contributed by atoms with van der Waals surface area (Å²) in [5.41, 5.74) is 0. The Morgan fingerprint density at radius 3 is 1.42 bits per heavy atom. The standard InChI is InChI=1S/C15H20N2O9/c18-11(19)3-5-13(22)25-9-1-7-16-15(24)17-8-2-10-26-14(23)6-4-12(20)21/h3-6H,1-2,7-10H2,(H,18,19)(H,20,21)(H2,16,17,24)/b5-3-,6-4-. The van der Waals surface area contributed by atoms with Crippen LogP contribution in [0.5, 0.6) is 0 Å². The molecule has 0 aromatic rings. The molecule has 0 heterocycles. The summed E-state index contributed by atoms with van der Waals surface area (Å²) in [6.07, 6.45) is 3.57. The summed E-state index contributed by atoms with van der Waals surface area (Å²) in [6, 6.07) is -0.459. The van der Waals surface area contributed by atoms with Gasteiger partial charge in [0.25, 0.3) is 0 Å². The molecule has 0 radical (unpaired) electrons. The van der Waals surface area contributed by atoms with Crippen LogP contribution in [0.2, 0.25) is 0 Å². The maximum Gasteiger partial charge on any atom is 0.331 e. The largest absolute Gasteiger partial charge is 0.478 e. The summed E-state index contributed by atoms with van der Waals surface area (Å²) >= 11 is 0. The van der Waals surface area contributed by atoms with Crippen LogP contribution in [0, 0.1) is 0 Å². The highest BCUT2D eigenvalue weighted by Crippen LogP contribution is 1.87. The van der Waals surface area contributed by atoms with E-state index in [4.69, 9.17) is 19.7 Å².